The number of halogens is 3. The van der Waals surface area contributed by atoms with Gasteiger partial charge in [0, 0.05) is 5.69 Å². The molecule has 0 atom stereocenters. The summed E-state index contributed by atoms with van der Waals surface area (Å²) in [4.78, 5) is 16.0. The smallest absolute Gasteiger partial charge is 0.289 e. The Morgan fingerprint density at radius 3 is 2.52 bits per heavy atom. The summed E-state index contributed by atoms with van der Waals surface area (Å²) in [6, 6.07) is 5.76. The van der Waals surface area contributed by atoms with Gasteiger partial charge in [0.15, 0.2) is 16.0 Å². The van der Waals surface area contributed by atoms with Crippen LogP contribution in [-0.4, -0.2) is 16.0 Å². The van der Waals surface area contributed by atoms with Gasteiger partial charge in [0.05, 0.1) is 10.7 Å². The van der Waals surface area contributed by atoms with Crippen LogP contribution in [0.1, 0.15) is 21.6 Å². The number of carbonyl (C=O) groups is 1. The van der Waals surface area contributed by atoms with Gasteiger partial charge in [-0.25, -0.2) is 4.98 Å². The Kier molecular flexibility index (Phi) is 6.29. The van der Waals surface area contributed by atoms with Crippen LogP contribution in [0.15, 0.2) is 18.2 Å². The lowest BCUT2D eigenvalue weighted by Crippen LogP contribution is -2.44. The molecule has 0 unspecified atom stereocenters. The van der Waals surface area contributed by atoms with Gasteiger partial charge in [0.1, 0.15) is 5.02 Å². The lowest BCUT2D eigenvalue weighted by atomic mass is 10.1. The van der Waals surface area contributed by atoms with Crippen molar-refractivity contribution >= 4 is 69.4 Å². The van der Waals surface area contributed by atoms with E-state index in [4.69, 9.17) is 52.8 Å². The number of nitrogen functional groups attached to an aromatic ring is 1. The predicted octanol–water partition coefficient (Wildman–Crippen LogP) is 3.87. The number of nitrogens with zero attached hydrogens (tertiary/aromatic N) is 1. The van der Waals surface area contributed by atoms with Crippen molar-refractivity contribution in [2.45, 2.75) is 13.8 Å². The Hall–Kier alpha value is -1.80. The van der Waals surface area contributed by atoms with Crippen LogP contribution in [0.3, 0.4) is 0 Å². The number of hydrazine groups is 1. The number of rotatable bonds is 2. The molecule has 0 spiro atoms. The number of nitrogens with one attached hydrogen (secondary N) is 3. The van der Waals surface area contributed by atoms with Crippen molar-refractivity contribution in [1.82, 2.24) is 15.8 Å². The Morgan fingerprint density at radius 2 is 1.84 bits per heavy atom. The second-order valence-corrected chi connectivity index (χ2v) is 6.60. The fourth-order valence-electron chi connectivity index (χ4n) is 1.89. The molecule has 6 nitrogen and oxygen atoms in total. The minimum Gasteiger partial charge on any atom is -0.396 e. The first-order valence-electron chi connectivity index (χ1n) is 6.96. The van der Waals surface area contributed by atoms with Crippen LogP contribution < -0.4 is 21.9 Å². The van der Waals surface area contributed by atoms with Gasteiger partial charge >= 0.3 is 0 Å². The maximum Gasteiger partial charge on any atom is 0.289 e. The molecule has 5 N–H and O–H groups in total. The van der Waals surface area contributed by atoms with E-state index in [1.807, 2.05) is 32.0 Å². The fraction of sp³-hybridized carbons (Fsp3) is 0.133. The summed E-state index contributed by atoms with van der Waals surface area (Å²) < 4.78 is 0. The molecule has 10 heteroatoms. The van der Waals surface area contributed by atoms with Crippen LogP contribution in [0.2, 0.25) is 15.2 Å². The van der Waals surface area contributed by atoms with E-state index in [0.717, 1.165) is 16.8 Å². The third-order valence-electron chi connectivity index (χ3n) is 3.43. The standard InChI is InChI=1S/C15H14Cl3N5OS/c1-6-4-3-5-8(7(6)2)20-15(25)23-22-14(24)12-9(16)11(19)10(17)13(18)21-12/h3-5H,1-2H3,(H2,19,21)(H,22,24)(H2,20,23,25). The molecule has 25 heavy (non-hydrogen) atoms. The molecule has 1 aromatic heterocycles. The molecule has 0 aliphatic heterocycles. The quantitative estimate of drug-likeness (QED) is 0.336. The minimum absolute atomic E-state index is 0.0108. The lowest BCUT2D eigenvalue weighted by Gasteiger charge is -2.15. The molecule has 0 radical (unpaired) electrons. The van der Waals surface area contributed by atoms with Gasteiger partial charge in [-0.2, -0.15) is 0 Å². The SMILES string of the molecule is Cc1cccc(NC(=S)NNC(=O)c2nc(Cl)c(Cl)c(N)c2Cl)c1C. The van der Waals surface area contributed by atoms with Gasteiger partial charge in [-0.1, -0.05) is 46.9 Å². The molecule has 2 aromatic rings. The van der Waals surface area contributed by atoms with E-state index in [2.05, 4.69) is 21.2 Å². The Morgan fingerprint density at radius 1 is 1.16 bits per heavy atom. The predicted molar refractivity (Wildman–Crippen MR) is 106 cm³/mol. The number of amides is 1. The molecule has 0 fully saturated rings. The van der Waals surface area contributed by atoms with Gasteiger partial charge in [0.25, 0.3) is 5.91 Å². The summed E-state index contributed by atoms with van der Waals surface area (Å²) in [5.74, 6) is -0.666. The number of anilines is 2. The Bertz CT molecular complexity index is 860. The summed E-state index contributed by atoms with van der Waals surface area (Å²) in [6.45, 7) is 3.95. The summed E-state index contributed by atoms with van der Waals surface area (Å²) in [6.07, 6.45) is 0. The number of hydrogen-bond donors (Lipinski definition) is 4. The van der Waals surface area contributed by atoms with Crippen molar-refractivity contribution in [1.29, 1.82) is 0 Å². The Balaban J connectivity index is 2.05. The van der Waals surface area contributed by atoms with Crippen molar-refractivity contribution in [3.8, 4) is 0 Å². The summed E-state index contributed by atoms with van der Waals surface area (Å²) in [5, 5.41) is 2.94. The number of hydrogen-bond acceptors (Lipinski definition) is 4. The Labute approximate surface area is 165 Å². The van der Waals surface area contributed by atoms with Crippen LogP contribution in [0.4, 0.5) is 11.4 Å². The number of nitrogens with two attached hydrogens (primary N) is 1. The molecule has 2 rings (SSSR count). The van der Waals surface area contributed by atoms with E-state index >= 15 is 0 Å². The number of pyridine rings is 1. The zero-order chi connectivity index (χ0) is 18.7. The maximum absolute atomic E-state index is 12.2. The number of carbonyl (C=O) groups excluding carboxylic acids is 1. The van der Waals surface area contributed by atoms with Gasteiger partial charge in [0.2, 0.25) is 0 Å². The normalized spacial score (nSPS) is 10.3. The van der Waals surface area contributed by atoms with Crippen molar-refractivity contribution in [2.75, 3.05) is 11.1 Å². The van der Waals surface area contributed by atoms with E-state index in [1.54, 1.807) is 0 Å². The molecule has 0 bridgehead atoms. The van der Waals surface area contributed by atoms with Crippen molar-refractivity contribution in [2.24, 2.45) is 0 Å². The summed E-state index contributed by atoms with van der Waals surface area (Å²) >= 11 is 22.8. The zero-order valence-electron chi connectivity index (χ0n) is 13.2. The third kappa shape index (κ3) is 4.43. The molecule has 0 saturated carbocycles. The first-order valence-corrected chi connectivity index (χ1v) is 8.50. The van der Waals surface area contributed by atoms with E-state index < -0.39 is 5.91 Å². The van der Waals surface area contributed by atoms with E-state index in [-0.39, 0.29) is 31.7 Å². The highest BCUT2D eigenvalue weighted by Crippen LogP contribution is 2.34. The average molecular weight is 419 g/mol. The highest BCUT2D eigenvalue weighted by atomic mass is 35.5. The molecule has 132 valence electrons. The number of aryl methyl sites for hydroxylation is 1. The van der Waals surface area contributed by atoms with Crippen LogP contribution >= 0.6 is 47.0 Å². The van der Waals surface area contributed by atoms with Crippen molar-refractivity contribution in [3.63, 3.8) is 0 Å². The molecule has 0 aliphatic rings. The first-order chi connectivity index (χ1) is 11.7. The van der Waals surface area contributed by atoms with Gasteiger partial charge < -0.3 is 11.1 Å². The van der Waals surface area contributed by atoms with E-state index in [1.165, 1.54) is 0 Å². The monoisotopic (exact) mass is 417 g/mol. The topological polar surface area (TPSA) is 92.1 Å². The summed E-state index contributed by atoms with van der Waals surface area (Å²) in [5.41, 5.74) is 13.4. The number of thiocarbonyl (C=S) groups is 1. The zero-order valence-corrected chi connectivity index (χ0v) is 16.3. The van der Waals surface area contributed by atoms with Crippen LogP contribution in [0.25, 0.3) is 0 Å². The van der Waals surface area contributed by atoms with Crippen molar-refractivity contribution < 1.29 is 4.79 Å². The lowest BCUT2D eigenvalue weighted by molar-refractivity contribution is 0.0939. The molecular formula is C15H14Cl3N5OS. The van der Waals surface area contributed by atoms with Crippen LogP contribution in [-0.2, 0) is 0 Å². The van der Waals surface area contributed by atoms with Crippen molar-refractivity contribution in [3.05, 3.63) is 50.2 Å². The minimum atomic E-state index is -0.666. The first kappa shape index (κ1) is 19.5. The van der Waals surface area contributed by atoms with E-state index in [0.29, 0.717) is 0 Å². The van der Waals surface area contributed by atoms with Gasteiger partial charge in [-0.05, 0) is 43.3 Å². The third-order valence-corrected chi connectivity index (χ3v) is 4.77. The molecule has 1 amide bonds. The molecular weight excluding hydrogens is 405 g/mol. The highest BCUT2D eigenvalue weighted by molar-refractivity contribution is 7.80. The highest BCUT2D eigenvalue weighted by Gasteiger charge is 2.19. The van der Waals surface area contributed by atoms with Gasteiger partial charge in [-0.3, -0.25) is 15.6 Å². The van der Waals surface area contributed by atoms with Crippen LogP contribution in [0.5, 0.6) is 0 Å². The van der Waals surface area contributed by atoms with Crippen LogP contribution in [0, 0.1) is 13.8 Å². The second-order valence-electron chi connectivity index (χ2n) is 5.07. The summed E-state index contributed by atoms with van der Waals surface area (Å²) in [7, 11) is 0. The number of aromatic nitrogens is 1. The largest absolute Gasteiger partial charge is 0.396 e. The fourth-order valence-corrected chi connectivity index (χ4v) is 2.65. The molecule has 1 aromatic carbocycles. The van der Waals surface area contributed by atoms with Gasteiger partial charge in [-0.15, -0.1) is 0 Å². The number of benzene rings is 1. The molecule has 0 aliphatic carbocycles. The molecule has 1 heterocycles. The average Bonchev–Trinajstić information content (AvgIpc) is 2.58. The molecule has 0 saturated heterocycles. The maximum atomic E-state index is 12.2. The van der Waals surface area contributed by atoms with E-state index in [9.17, 15) is 4.79 Å². The second kappa shape index (κ2) is 8.05.